The van der Waals surface area contributed by atoms with Crippen LogP contribution < -0.4 is 4.74 Å². The third-order valence-corrected chi connectivity index (χ3v) is 3.20. The number of hydrogen-bond acceptors (Lipinski definition) is 7. The van der Waals surface area contributed by atoms with Crippen LogP contribution >= 0.6 is 0 Å². The Labute approximate surface area is 137 Å². The van der Waals surface area contributed by atoms with Gasteiger partial charge in [-0.1, -0.05) is 5.16 Å². The van der Waals surface area contributed by atoms with E-state index in [4.69, 9.17) is 14.7 Å². The highest BCUT2D eigenvalue weighted by molar-refractivity contribution is 6.02. The largest absolute Gasteiger partial charge is 0.497 e. The maximum absolute atomic E-state index is 11.9. The van der Waals surface area contributed by atoms with Gasteiger partial charge in [-0.2, -0.15) is 0 Å². The van der Waals surface area contributed by atoms with Crippen LogP contribution in [0.2, 0.25) is 0 Å². The molecule has 0 bridgehead atoms. The number of carbonyl (C=O) groups excluding carboxylic acids is 1. The van der Waals surface area contributed by atoms with Gasteiger partial charge in [0.15, 0.2) is 0 Å². The third-order valence-electron chi connectivity index (χ3n) is 3.20. The number of carbonyl (C=O) groups is 1. The van der Waals surface area contributed by atoms with Gasteiger partial charge in [0.1, 0.15) is 18.1 Å². The number of nitro benzene ring substituents is 1. The molecule has 0 radical (unpaired) electrons. The molecule has 0 aliphatic rings. The van der Waals surface area contributed by atoms with Gasteiger partial charge in [-0.15, -0.1) is 0 Å². The number of methoxy groups -OCH3 is 1. The first kappa shape index (κ1) is 16.9. The van der Waals surface area contributed by atoms with Crippen LogP contribution in [0.5, 0.6) is 5.75 Å². The number of esters is 1. The molecule has 0 saturated carbocycles. The number of benzene rings is 2. The monoisotopic (exact) mass is 330 g/mol. The summed E-state index contributed by atoms with van der Waals surface area (Å²) in [5.74, 6) is -0.0431. The predicted molar refractivity (Wildman–Crippen MR) is 84.7 cm³/mol. The van der Waals surface area contributed by atoms with E-state index in [0.717, 1.165) is 0 Å². The van der Waals surface area contributed by atoms with E-state index in [1.807, 2.05) is 0 Å². The normalized spacial score (nSPS) is 11.0. The van der Waals surface area contributed by atoms with E-state index in [-0.39, 0.29) is 23.6 Å². The number of hydrogen-bond donors (Lipinski definition) is 1. The highest BCUT2D eigenvalue weighted by Crippen LogP contribution is 2.14. The van der Waals surface area contributed by atoms with Gasteiger partial charge in [0, 0.05) is 17.7 Å². The second-order valence-electron chi connectivity index (χ2n) is 4.66. The van der Waals surface area contributed by atoms with E-state index >= 15 is 0 Å². The topological polar surface area (TPSA) is 111 Å². The van der Waals surface area contributed by atoms with Crippen molar-refractivity contribution in [3.05, 3.63) is 69.8 Å². The van der Waals surface area contributed by atoms with Crippen molar-refractivity contribution >= 4 is 17.4 Å². The van der Waals surface area contributed by atoms with Crippen LogP contribution in [0, 0.1) is 10.1 Å². The van der Waals surface area contributed by atoms with Gasteiger partial charge in [-0.05, 0) is 36.4 Å². The highest BCUT2D eigenvalue weighted by atomic mass is 16.6. The summed E-state index contributed by atoms with van der Waals surface area (Å²) >= 11 is 0. The van der Waals surface area contributed by atoms with Crippen molar-refractivity contribution in [2.45, 2.75) is 0 Å². The molecular formula is C16H14N2O6. The second kappa shape index (κ2) is 7.73. The molecule has 0 unspecified atom stereocenters. The van der Waals surface area contributed by atoms with Gasteiger partial charge in [0.05, 0.1) is 17.6 Å². The van der Waals surface area contributed by atoms with E-state index in [2.05, 4.69) is 5.16 Å². The molecule has 0 atom stereocenters. The van der Waals surface area contributed by atoms with Crippen LogP contribution in [0.1, 0.15) is 15.9 Å². The van der Waals surface area contributed by atoms with Gasteiger partial charge in [0.25, 0.3) is 5.69 Å². The average molecular weight is 330 g/mol. The smallest absolute Gasteiger partial charge is 0.338 e. The molecule has 124 valence electrons. The second-order valence-corrected chi connectivity index (χ2v) is 4.66. The van der Waals surface area contributed by atoms with Crippen molar-refractivity contribution in [1.82, 2.24) is 0 Å². The summed E-state index contributed by atoms with van der Waals surface area (Å²) in [5.41, 5.74) is 0.762. The van der Waals surface area contributed by atoms with Crippen LogP contribution in [0.15, 0.2) is 53.7 Å². The molecule has 2 aromatic rings. The summed E-state index contributed by atoms with van der Waals surface area (Å²) in [4.78, 5) is 21.9. The molecule has 8 heteroatoms. The van der Waals surface area contributed by atoms with Crippen molar-refractivity contribution in [1.29, 1.82) is 0 Å². The zero-order valence-corrected chi connectivity index (χ0v) is 12.7. The number of nitro groups is 1. The molecule has 0 heterocycles. The number of ether oxygens (including phenoxy) is 2. The van der Waals surface area contributed by atoms with Crippen molar-refractivity contribution < 1.29 is 24.4 Å². The zero-order valence-electron chi connectivity index (χ0n) is 12.7. The number of oxime groups is 1. The lowest BCUT2D eigenvalue weighted by Crippen LogP contribution is -2.15. The van der Waals surface area contributed by atoms with Crippen LogP contribution in [0.25, 0.3) is 0 Å². The molecule has 0 amide bonds. The first-order valence-corrected chi connectivity index (χ1v) is 6.82. The van der Waals surface area contributed by atoms with Gasteiger partial charge < -0.3 is 14.7 Å². The quantitative estimate of drug-likeness (QED) is 0.286. The Morgan fingerprint density at radius 2 is 1.71 bits per heavy atom. The van der Waals surface area contributed by atoms with Crippen LogP contribution in [0.4, 0.5) is 5.69 Å². The summed E-state index contributed by atoms with van der Waals surface area (Å²) in [7, 11) is 1.53. The molecule has 0 spiro atoms. The Morgan fingerprint density at radius 1 is 1.12 bits per heavy atom. The minimum Gasteiger partial charge on any atom is -0.497 e. The molecule has 0 aliphatic carbocycles. The molecule has 2 aromatic carbocycles. The van der Waals surface area contributed by atoms with Crippen LogP contribution in [0.3, 0.4) is 0 Å². The van der Waals surface area contributed by atoms with E-state index in [1.54, 1.807) is 24.3 Å². The van der Waals surface area contributed by atoms with Gasteiger partial charge in [0.2, 0.25) is 0 Å². The van der Waals surface area contributed by atoms with E-state index in [9.17, 15) is 14.9 Å². The maximum atomic E-state index is 11.9. The van der Waals surface area contributed by atoms with Crippen molar-refractivity contribution in [2.75, 3.05) is 13.7 Å². The molecule has 8 nitrogen and oxygen atoms in total. The molecule has 1 N–H and O–H groups in total. The summed E-state index contributed by atoms with van der Waals surface area (Å²) in [5, 5.41) is 22.8. The molecule has 24 heavy (non-hydrogen) atoms. The van der Waals surface area contributed by atoms with Crippen molar-refractivity contribution in [3.8, 4) is 5.75 Å². The standard InChI is InChI=1S/C16H14N2O6/c1-23-14-8-4-11(5-9-14)15(17-20)10-24-16(19)12-2-6-13(7-3-12)18(21)22/h2-9,20H,10H2,1H3. The first-order chi connectivity index (χ1) is 11.5. The third kappa shape index (κ3) is 4.07. The van der Waals surface area contributed by atoms with E-state index in [1.165, 1.54) is 31.4 Å². The Hall–Kier alpha value is -3.42. The minimum absolute atomic E-state index is 0.123. The fourth-order valence-electron chi connectivity index (χ4n) is 1.89. The van der Waals surface area contributed by atoms with Crippen molar-refractivity contribution in [3.63, 3.8) is 0 Å². The Bertz CT molecular complexity index is 753. The average Bonchev–Trinajstić information content (AvgIpc) is 2.62. The Morgan fingerprint density at radius 3 is 2.21 bits per heavy atom. The summed E-state index contributed by atoms with van der Waals surface area (Å²) in [6.45, 7) is -0.251. The first-order valence-electron chi connectivity index (χ1n) is 6.82. The van der Waals surface area contributed by atoms with E-state index in [0.29, 0.717) is 11.3 Å². The Kier molecular flexibility index (Phi) is 5.45. The summed E-state index contributed by atoms with van der Waals surface area (Å²) in [6, 6.07) is 11.7. The fourth-order valence-corrected chi connectivity index (χ4v) is 1.89. The van der Waals surface area contributed by atoms with E-state index < -0.39 is 10.9 Å². The molecule has 0 fully saturated rings. The highest BCUT2D eigenvalue weighted by Gasteiger charge is 2.13. The zero-order chi connectivity index (χ0) is 17.5. The SMILES string of the molecule is COc1ccc(C(COC(=O)c2ccc([N+](=O)[O-])cc2)=NO)cc1. The summed E-state index contributed by atoms with van der Waals surface area (Å²) in [6.07, 6.45) is 0. The molecular weight excluding hydrogens is 316 g/mol. The Balaban J connectivity index is 2.01. The lowest BCUT2D eigenvalue weighted by atomic mass is 10.1. The lowest BCUT2D eigenvalue weighted by Gasteiger charge is -2.07. The maximum Gasteiger partial charge on any atom is 0.338 e. The predicted octanol–water partition coefficient (Wildman–Crippen LogP) is 2.64. The van der Waals surface area contributed by atoms with Crippen LogP contribution in [-0.4, -0.2) is 35.5 Å². The van der Waals surface area contributed by atoms with Crippen LogP contribution in [-0.2, 0) is 4.74 Å². The molecule has 0 aliphatic heterocycles. The molecule has 0 saturated heterocycles. The molecule has 0 aromatic heterocycles. The lowest BCUT2D eigenvalue weighted by molar-refractivity contribution is -0.384. The number of nitrogens with zero attached hydrogens (tertiary/aromatic N) is 2. The van der Waals surface area contributed by atoms with Gasteiger partial charge >= 0.3 is 5.97 Å². The number of non-ortho nitro benzene ring substituents is 1. The molecule has 2 rings (SSSR count). The summed E-state index contributed by atoms with van der Waals surface area (Å²) < 4.78 is 10.1. The number of rotatable bonds is 6. The van der Waals surface area contributed by atoms with Crippen molar-refractivity contribution in [2.24, 2.45) is 5.16 Å². The van der Waals surface area contributed by atoms with Gasteiger partial charge in [-0.3, -0.25) is 10.1 Å². The van der Waals surface area contributed by atoms with Gasteiger partial charge in [-0.25, -0.2) is 4.79 Å². The fraction of sp³-hybridized carbons (Fsp3) is 0.125. The minimum atomic E-state index is -0.681.